The molecule has 0 spiro atoms. The number of carbonyl (C=O) groups is 2. The minimum Gasteiger partial charge on any atom is -0.457 e. The number of rotatable bonds is 8. The summed E-state index contributed by atoms with van der Waals surface area (Å²) in [4.78, 5) is 29.6. The van der Waals surface area contributed by atoms with Crippen LogP contribution in [0, 0.1) is 5.41 Å². The van der Waals surface area contributed by atoms with Crippen LogP contribution < -0.4 is 9.64 Å². The molecule has 218 valence electrons. The van der Waals surface area contributed by atoms with E-state index in [4.69, 9.17) is 4.74 Å². The topological polar surface area (TPSA) is 46.6 Å². The second kappa shape index (κ2) is 11.1. The Bertz CT molecular complexity index is 1630. The number of imide groups is 1. The standard InChI is InChI=1S/C38H43NO3/c1-9-12-25-13-10-14-28(24(2)3)34(25)39-35(40)30-16-11-15-29-32(22-21-31(33(29)30)36(39)41)42-27-19-17-26(18-20-27)38(7,8)23-37(4,5)6/h10-11,13-22,24H,9,12,23H2,1-8H3. The average Bonchev–Trinajstić information content (AvgIpc) is 2.92. The molecule has 1 heterocycles. The smallest absolute Gasteiger partial charge is 0.266 e. The van der Waals surface area contributed by atoms with Crippen LogP contribution in [-0.4, -0.2) is 11.8 Å². The van der Waals surface area contributed by atoms with Gasteiger partial charge in [0.05, 0.1) is 5.69 Å². The van der Waals surface area contributed by atoms with Crippen molar-refractivity contribution in [2.75, 3.05) is 4.90 Å². The van der Waals surface area contributed by atoms with E-state index in [0.29, 0.717) is 22.3 Å². The number of amides is 2. The van der Waals surface area contributed by atoms with E-state index in [9.17, 15) is 9.59 Å². The summed E-state index contributed by atoms with van der Waals surface area (Å²) in [5.41, 5.74) is 5.34. The number of nitrogens with zero attached hydrogens (tertiary/aromatic N) is 1. The fourth-order valence-corrected chi connectivity index (χ4v) is 6.71. The zero-order valence-corrected chi connectivity index (χ0v) is 26.3. The first-order valence-electron chi connectivity index (χ1n) is 15.2. The lowest BCUT2D eigenvalue weighted by Crippen LogP contribution is -2.41. The summed E-state index contributed by atoms with van der Waals surface area (Å²) in [6.07, 6.45) is 2.78. The number of carbonyl (C=O) groups excluding carboxylic acids is 2. The van der Waals surface area contributed by atoms with Crippen molar-refractivity contribution >= 4 is 28.3 Å². The predicted molar refractivity (Wildman–Crippen MR) is 173 cm³/mol. The van der Waals surface area contributed by atoms with Crippen LogP contribution in [0.5, 0.6) is 11.5 Å². The van der Waals surface area contributed by atoms with Gasteiger partial charge in [-0.1, -0.05) is 104 Å². The van der Waals surface area contributed by atoms with Crippen molar-refractivity contribution in [2.24, 2.45) is 5.41 Å². The highest BCUT2D eigenvalue weighted by Crippen LogP contribution is 2.42. The number of ether oxygens (including phenoxy) is 1. The summed E-state index contributed by atoms with van der Waals surface area (Å²) in [7, 11) is 0. The molecule has 4 nitrogen and oxygen atoms in total. The van der Waals surface area contributed by atoms with Gasteiger partial charge in [-0.2, -0.15) is 0 Å². The Morgan fingerprint density at radius 2 is 1.43 bits per heavy atom. The average molecular weight is 562 g/mol. The summed E-state index contributed by atoms with van der Waals surface area (Å²) in [6.45, 7) is 17.7. The minimum absolute atomic E-state index is 0.0365. The molecule has 42 heavy (non-hydrogen) atoms. The summed E-state index contributed by atoms with van der Waals surface area (Å²) >= 11 is 0. The van der Waals surface area contributed by atoms with E-state index in [2.05, 4.69) is 67.5 Å². The highest BCUT2D eigenvalue weighted by Gasteiger charge is 2.37. The van der Waals surface area contributed by atoms with Gasteiger partial charge in [0.2, 0.25) is 0 Å². The zero-order valence-electron chi connectivity index (χ0n) is 26.3. The molecule has 0 aliphatic carbocycles. The van der Waals surface area contributed by atoms with Gasteiger partial charge in [-0.3, -0.25) is 9.59 Å². The van der Waals surface area contributed by atoms with Crippen molar-refractivity contribution in [2.45, 2.75) is 86.0 Å². The van der Waals surface area contributed by atoms with Crippen molar-refractivity contribution in [3.63, 3.8) is 0 Å². The first kappa shape index (κ1) is 29.6. The quantitative estimate of drug-likeness (QED) is 0.201. The number of benzene rings is 4. The van der Waals surface area contributed by atoms with Gasteiger partial charge in [0, 0.05) is 21.9 Å². The molecule has 4 heteroatoms. The second-order valence-corrected chi connectivity index (χ2v) is 13.8. The third-order valence-electron chi connectivity index (χ3n) is 8.22. The van der Waals surface area contributed by atoms with Gasteiger partial charge in [-0.05, 0) is 76.6 Å². The Morgan fingerprint density at radius 1 is 0.786 bits per heavy atom. The Balaban J connectivity index is 1.53. The van der Waals surface area contributed by atoms with Crippen LogP contribution in [0.3, 0.4) is 0 Å². The number of aryl methyl sites for hydroxylation is 1. The Labute approximate surface area is 250 Å². The largest absolute Gasteiger partial charge is 0.457 e. The van der Waals surface area contributed by atoms with Crippen molar-refractivity contribution in [1.82, 2.24) is 0 Å². The summed E-state index contributed by atoms with van der Waals surface area (Å²) < 4.78 is 6.39. The summed E-state index contributed by atoms with van der Waals surface area (Å²) in [5, 5.41) is 1.41. The van der Waals surface area contributed by atoms with E-state index in [1.54, 1.807) is 6.07 Å². The van der Waals surface area contributed by atoms with Crippen LogP contribution >= 0.6 is 0 Å². The fourth-order valence-electron chi connectivity index (χ4n) is 6.71. The van der Waals surface area contributed by atoms with Crippen LogP contribution in [0.2, 0.25) is 0 Å². The molecule has 4 aromatic rings. The van der Waals surface area contributed by atoms with E-state index in [1.807, 2.05) is 54.6 Å². The third-order valence-corrected chi connectivity index (χ3v) is 8.22. The van der Waals surface area contributed by atoms with Gasteiger partial charge < -0.3 is 4.74 Å². The van der Waals surface area contributed by atoms with Crippen molar-refractivity contribution < 1.29 is 14.3 Å². The maximum absolute atomic E-state index is 14.1. The highest BCUT2D eigenvalue weighted by molar-refractivity contribution is 6.36. The third kappa shape index (κ3) is 5.47. The van der Waals surface area contributed by atoms with E-state index >= 15 is 0 Å². The molecule has 0 fully saturated rings. The number of para-hydroxylation sites is 1. The molecule has 0 unspecified atom stereocenters. The maximum Gasteiger partial charge on any atom is 0.266 e. The van der Waals surface area contributed by atoms with E-state index in [-0.39, 0.29) is 28.6 Å². The molecular weight excluding hydrogens is 518 g/mol. The minimum atomic E-state index is -0.286. The Kier molecular flexibility index (Phi) is 7.78. The molecule has 0 atom stereocenters. The lowest BCUT2D eigenvalue weighted by molar-refractivity contribution is 0.0893. The van der Waals surface area contributed by atoms with Crippen molar-refractivity contribution in [3.05, 3.63) is 101 Å². The summed E-state index contributed by atoms with van der Waals surface area (Å²) in [5.74, 6) is 0.935. The van der Waals surface area contributed by atoms with Gasteiger partial charge in [0.15, 0.2) is 0 Å². The maximum atomic E-state index is 14.1. The van der Waals surface area contributed by atoms with E-state index < -0.39 is 0 Å². The van der Waals surface area contributed by atoms with Crippen LogP contribution in [0.4, 0.5) is 5.69 Å². The molecule has 2 amide bonds. The molecule has 0 N–H and O–H groups in total. The van der Waals surface area contributed by atoms with Crippen molar-refractivity contribution in [3.8, 4) is 11.5 Å². The molecule has 0 saturated carbocycles. The van der Waals surface area contributed by atoms with Gasteiger partial charge in [0.1, 0.15) is 11.5 Å². The molecule has 0 radical (unpaired) electrons. The Morgan fingerprint density at radius 3 is 2.05 bits per heavy atom. The SMILES string of the molecule is CCCc1cccc(C(C)C)c1N1C(=O)c2cccc3c(Oc4ccc(C(C)(C)CC(C)(C)C)cc4)ccc(c23)C1=O. The van der Waals surface area contributed by atoms with Crippen LogP contribution in [-0.2, 0) is 11.8 Å². The van der Waals surface area contributed by atoms with Crippen molar-refractivity contribution in [1.29, 1.82) is 0 Å². The number of hydrogen-bond donors (Lipinski definition) is 0. The zero-order chi connectivity index (χ0) is 30.4. The first-order chi connectivity index (χ1) is 19.8. The fraction of sp³-hybridized carbons (Fsp3) is 0.368. The van der Waals surface area contributed by atoms with Crippen LogP contribution in [0.1, 0.15) is 112 Å². The normalized spacial score (nSPS) is 13.8. The molecular formula is C38H43NO3. The first-order valence-corrected chi connectivity index (χ1v) is 15.2. The molecule has 1 aliphatic heterocycles. The van der Waals surface area contributed by atoms with E-state index in [1.165, 1.54) is 10.5 Å². The number of hydrogen-bond acceptors (Lipinski definition) is 3. The molecule has 0 bridgehead atoms. The van der Waals surface area contributed by atoms with Gasteiger partial charge in [0.25, 0.3) is 11.8 Å². The molecule has 1 aliphatic rings. The molecule has 5 rings (SSSR count). The lowest BCUT2D eigenvalue weighted by atomic mass is 9.72. The monoisotopic (exact) mass is 561 g/mol. The van der Waals surface area contributed by atoms with Gasteiger partial charge in [-0.15, -0.1) is 0 Å². The summed E-state index contributed by atoms with van der Waals surface area (Å²) in [6, 6.07) is 23.7. The number of anilines is 1. The highest BCUT2D eigenvalue weighted by atomic mass is 16.5. The second-order valence-electron chi connectivity index (χ2n) is 13.8. The van der Waals surface area contributed by atoms with Gasteiger partial charge >= 0.3 is 0 Å². The van der Waals surface area contributed by atoms with Crippen LogP contribution in [0.15, 0.2) is 72.8 Å². The van der Waals surface area contributed by atoms with E-state index in [0.717, 1.165) is 47.2 Å². The molecule has 0 aromatic heterocycles. The Hall–Kier alpha value is -3.92. The predicted octanol–water partition coefficient (Wildman–Crippen LogP) is 10.2. The van der Waals surface area contributed by atoms with Gasteiger partial charge in [-0.25, -0.2) is 4.90 Å². The molecule has 4 aromatic carbocycles. The lowest BCUT2D eigenvalue weighted by Gasteiger charge is -2.33. The molecule has 0 saturated heterocycles. The van der Waals surface area contributed by atoms with Crippen LogP contribution in [0.25, 0.3) is 10.8 Å².